The third-order valence-corrected chi connectivity index (χ3v) is 3.94. The molecule has 0 saturated carbocycles. The number of carbonyl (C=O) groups is 2. The topological polar surface area (TPSA) is 71.1 Å². The Morgan fingerprint density at radius 3 is 2.43 bits per heavy atom. The van der Waals surface area contributed by atoms with Gasteiger partial charge in [-0.1, -0.05) is 22.0 Å². The van der Waals surface area contributed by atoms with E-state index in [1.54, 1.807) is 44.4 Å². The van der Waals surface area contributed by atoms with Gasteiger partial charge in [0, 0.05) is 29.1 Å². The fourth-order valence-corrected chi connectivity index (χ4v) is 2.09. The molecule has 0 spiro atoms. The van der Waals surface area contributed by atoms with Gasteiger partial charge < -0.3 is 10.6 Å². The Bertz CT molecular complexity index is 685. The molecule has 5 nitrogen and oxygen atoms in total. The van der Waals surface area contributed by atoms with Crippen LogP contribution in [0.25, 0.3) is 0 Å². The molecule has 0 atom stereocenters. The Morgan fingerprint density at radius 1 is 1.13 bits per heavy atom. The van der Waals surface area contributed by atoms with Gasteiger partial charge in [0.2, 0.25) is 11.8 Å². The van der Waals surface area contributed by atoms with E-state index in [0.29, 0.717) is 12.2 Å². The van der Waals surface area contributed by atoms with Crippen LogP contribution < -0.4 is 10.6 Å². The van der Waals surface area contributed by atoms with Gasteiger partial charge in [-0.15, -0.1) is 0 Å². The largest absolute Gasteiger partial charge is 0.351 e. The van der Waals surface area contributed by atoms with Crippen LogP contribution in [-0.2, 0) is 16.1 Å². The van der Waals surface area contributed by atoms with Crippen LogP contribution in [0.15, 0.2) is 53.3 Å². The molecule has 2 rings (SSSR count). The van der Waals surface area contributed by atoms with Crippen LogP contribution in [0.1, 0.15) is 19.4 Å². The van der Waals surface area contributed by atoms with Gasteiger partial charge in [0.1, 0.15) is 5.41 Å². The zero-order valence-electron chi connectivity index (χ0n) is 13.0. The van der Waals surface area contributed by atoms with E-state index >= 15 is 0 Å². The average molecular weight is 376 g/mol. The van der Waals surface area contributed by atoms with Crippen LogP contribution in [0.5, 0.6) is 0 Å². The molecule has 0 saturated heterocycles. The van der Waals surface area contributed by atoms with Crippen LogP contribution in [0.2, 0.25) is 0 Å². The number of halogens is 1. The molecular weight excluding hydrogens is 358 g/mol. The minimum atomic E-state index is -1.19. The first-order valence-corrected chi connectivity index (χ1v) is 7.93. The third-order valence-electron chi connectivity index (χ3n) is 3.41. The van der Waals surface area contributed by atoms with Crippen LogP contribution in [0, 0.1) is 5.41 Å². The summed E-state index contributed by atoms with van der Waals surface area (Å²) in [5.74, 6) is -0.695. The molecule has 1 aromatic carbocycles. The fourth-order valence-electron chi connectivity index (χ4n) is 1.83. The van der Waals surface area contributed by atoms with Gasteiger partial charge in [-0.2, -0.15) is 0 Å². The first kappa shape index (κ1) is 17.1. The normalized spacial score (nSPS) is 10.9. The van der Waals surface area contributed by atoms with Crippen LogP contribution in [0.3, 0.4) is 0 Å². The highest BCUT2D eigenvalue weighted by atomic mass is 79.9. The van der Waals surface area contributed by atoms with Crippen molar-refractivity contribution in [2.45, 2.75) is 20.4 Å². The number of aromatic nitrogens is 1. The Kier molecular flexibility index (Phi) is 5.50. The Morgan fingerprint density at radius 2 is 1.83 bits per heavy atom. The maximum atomic E-state index is 12.4. The van der Waals surface area contributed by atoms with Gasteiger partial charge in [0.15, 0.2) is 0 Å². The molecule has 23 heavy (non-hydrogen) atoms. The van der Waals surface area contributed by atoms with Crippen molar-refractivity contribution in [3.63, 3.8) is 0 Å². The maximum Gasteiger partial charge on any atom is 0.239 e. The van der Waals surface area contributed by atoms with E-state index in [0.717, 1.165) is 10.0 Å². The van der Waals surface area contributed by atoms with Gasteiger partial charge in [0.25, 0.3) is 0 Å². The van der Waals surface area contributed by atoms with Crippen molar-refractivity contribution >= 4 is 33.4 Å². The number of benzene rings is 1. The predicted octanol–water partition coefficient (Wildman–Crippen LogP) is 3.13. The lowest BCUT2D eigenvalue weighted by atomic mass is 9.91. The summed E-state index contributed by atoms with van der Waals surface area (Å²) < 4.78 is 0.920. The van der Waals surface area contributed by atoms with E-state index < -0.39 is 5.41 Å². The first-order chi connectivity index (χ1) is 10.9. The SMILES string of the molecule is CC(C)(C(=O)NCc1cccnc1)C(=O)Nc1ccc(Br)cc1. The Labute approximate surface area is 143 Å². The number of hydrogen-bond donors (Lipinski definition) is 2. The minimum Gasteiger partial charge on any atom is -0.351 e. The number of carbonyl (C=O) groups excluding carboxylic acids is 2. The second-order valence-electron chi connectivity index (χ2n) is 5.63. The molecule has 0 unspecified atom stereocenters. The smallest absolute Gasteiger partial charge is 0.239 e. The second-order valence-corrected chi connectivity index (χ2v) is 6.55. The molecular formula is C17H18BrN3O2. The molecule has 0 aliphatic carbocycles. The van der Waals surface area contributed by atoms with Gasteiger partial charge in [-0.25, -0.2) is 0 Å². The number of hydrogen-bond acceptors (Lipinski definition) is 3. The van der Waals surface area contributed by atoms with Gasteiger partial charge in [-0.3, -0.25) is 14.6 Å². The molecule has 2 N–H and O–H groups in total. The lowest BCUT2D eigenvalue weighted by molar-refractivity contribution is -0.138. The summed E-state index contributed by atoms with van der Waals surface area (Å²) in [7, 11) is 0. The molecule has 0 fully saturated rings. The summed E-state index contributed by atoms with van der Waals surface area (Å²) in [4.78, 5) is 28.7. The summed E-state index contributed by atoms with van der Waals surface area (Å²) in [5.41, 5.74) is 0.339. The third kappa shape index (κ3) is 4.63. The second kappa shape index (κ2) is 7.37. The molecule has 0 bridgehead atoms. The summed E-state index contributed by atoms with van der Waals surface area (Å²) in [5, 5.41) is 5.52. The fraction of sp³-hybridized carbons (Fsp3) is 0.235. The molecule has 6 heteroatoms. The lowest BCUT2D eigenvalue weighted by Gasteiger charge is -2.22. The number of amides is 2. The number of nitrogens with one attached hydrogen (secondary N) is 2. The Hall–Kier alpha value is -2.21. The van der Waals surface area contributed by atoms with E-state index in [4.69, 9.17) is 0 Å². The van der Waals surface area contributed by atoms with Crippen molar-refractivity contribution in [1.29, 1.82) is 0 Å². The van der Waals surface area contributed by atoms with Crippen LogP contribution in [0.4, 0.5) is 5.69 Å². The highest BCUT2D eigenvalue weighted by Crippen LogP contribution is 2.20. The molecule has 1 aromatic heterocycles. The zero-order valence-corrected chi connectivity index (χ0v) is 14.6. The Balaban J connectivity index is 1.97. The molecule has 2 amide bonds. The summed E-state index contributed by atoms with van der Waals surface area (Å²) >= 11 is 3.34. The van der Waals surface area contributed by atoms with Crippen molar-refractivity contribution in [3.05, 3.63) is 58.8 Å². The van der Waals surface area contributed by atoms with Gasteiger partial charge in [0.05, 0.1) is 0 Å². The van der Waals surface area contributed by atoms with Crippen molar-refractivity contribution in [1.82, 2.24) is 10.3 Å². The van der Waals surface area contributed by atoms with Crippen molar-refractivity contribution < 1.29 is 9.59 Å². The number of anilines is 1. The number of nitrogens with zero attached hydrogens (tertiary/aromatic N) is 1. The summed E-state index contributed by atoms with van der Waals surface area (Å²) in [6, 6.07) is 10.8. The molecule has 1 heterocycles. The molecule has 120 valence electrons. The zero-order chi connectivity index (χ0) is 16.9. The highest BCUT2D eigenvalue weighted by Gasteiger charge is 2.35. The van der Waals surface area contributed by atoms with Crippen molar-refractivity contribution in [3.8, 4) is 0 Å². The monoisotopic (exact) mass is 375 g/mol. The molecule has 2 aromatic rings. The summed E-state index contributed by atoms with van der Waals surface area (Å²) in [6.07, 6.45) is 3.34. The minimum absolute atomic E-state index is 0.335. The van der Waals surface area contributed by atoms with E-state index in [1.807, 2.05) is 18.2 Å². The highest BCUT2D eigenvalue weighted by molar-refractivity contribution is 9.10. The van der Waals surface area contributed by atoms with E-state index in [2.05, 4.69) is 31.5 Å². The van der Waals surface area contributed by atoms with Crippen molar-refractivity contribution in [2.24, 2.45) is 5.41 Å². The predicted molar refractivity (Wildman–Crippen MR) is 92.6 cm³/mol. The quantitative estimate of drug-likeness (QED) is 0.788. The first-order valence-electron chi connectivity index (χ1n) is 7.14. The van der Waals surface area contributed by atoms with Crippen LogP contribution in [-0.4, -0.2) is 16.8 Å². The van der Waals surface area contributed by atoms with Gasteiger partial charge >= 0.3 is 0 Å². The average Bonchev–Trinajstić information content (AvgIpc) is 2.55. The van der Waals surface area contributed by atoms with E-state index in [-0.39, 0.29) is 11.8 Å². The number of pyridine rings is 1. The van der Waals surface area contributed by atoms with Crippen LogP contribution >= 0.6 is 15.9 Å². The molecule has 0 aliphatic rings. The standard InChI is InChI=1S/C17H18BrN3O2/c1-17(2,15(22)20-11-12-4-3-9-19-10-12)16(23)21-14-7-5-13(18)6-8-14/h3-10H,11H2,1-2H3,(H,20,22)(H,21,23). The summed E-state index contributed by atoms with van der Waals surface area (Å²) in [6.45, 7) is 3.53. The number of rotatable bonds is 5. The molecule has 0 radical (unpaired) electrons. The van der Waals surface area contributed by atoms with E-state index in [9.17, 15) is 9.59 Å². The van der Waals surface area contributed by atoms with E-state index in [1.165, 1.54) is 0 Å². The van der Waals surface area contributed by atoms with Gasteiger partial charge in [-0.05, 0) is 49.7 Å². The van der Waals surface area contributed by atoms with Crippen molar-refractivity contribution in [2.75, 3.05) is 5.32 Å². The maximum absolute atomic E-state index is 12.4. The lowest BCUT2D eigenvalue weighted by Crippen LogP contribution is -2.44. The molecule has 0 aliphatic heterocycles.